The fraction of sp³-hybridized carbons (Fsp3) is 0.364. The predicted molar refractivity (Wildman–Crippen MR) is 118 cm³/mol. The first-order chi connectivity index (χ1) is 14.4. The van der Waals surface area contributed by atoms with Crippen molar-refractivity contribution in [1.29, 1.82) is 0 Å². The van der Waals surface area contributed by atoms with Crippen LogP contribution in [-0.4, -0.2) is 25.0 Å². The van der Waals surface area contributed by atoms with E-state index < -0.39 is 0 Å². The quantitative estimate of drug-likeness (QED) is 0.559. The molecule has 0 bridgehead atoms. The molecule has 0 fully saturated rings. The fourth-order valence-electron chi connectivity index (χ4n) is 3.29. The molecule has 0 unspecified atom stereocenters. The lowest BCUT2D eigenvalue weighted by Gasteiger charge is -2.09. The summed E-state index contributed by atoms with van der Waals surface area (Å²) in [4.78, 5) is 44.7. The van der Waals surface area contributed by atoms with Crippen LogP contribution >= 0.6 is 0 Å². The van der Waals surface area contributed by atoms with Gasteiger partial charge in [0.25, 0.3) is 5.56 Å². The number of carbonyl (C=O) groups excluding carboxylic acids is 1. The number of aryl methyl sites for hydroxylation is 1. The Morgan fingerprint density at radius 1 is 1.20 bits per heavy atom. The smallest absolute Gasteiger partial charge is 0.333 e. The lowest BCUT2D eigenvalue weighted by molar-refractivity contribution is -0.114. The zero-order valence-corrected chi connectivity index (χ0v) is 17.6. The maximum atomic E-state index is 12.9. The molecule has 1 aromatic carbocycles. The molecule has 30 heavy (non-hydrogen) atoms. The minimum Gasteiger partial charge on any atom is -0.336 e. The number of nitrogens with one attached hydrogen (secondary N) is 2. The molecule has 0 aliphatic rings. The van der Waals surface area contributed by atoms with E-state index in [9.17, 15) is 14.4 Å². The van der Waals surface area contributed by atoms with Gasteiger partial charge >= 0.3 is 5.69 Å². The number of imidazole rings is 1. The third-order valence-corrected chi connectivity index (χ3v) is 4.82. The van der Waals surface area contributed by atoms with Crippen molar-refractivity contribution in [2.75, 3.05) is 5.32 Å². The number of fused-ring (bicyclic) bond motifs is 1. The summed E-state index contributed by atoms with van der Waals surface area (Å²) in [6.45, 7) is 6.11. The van der Waals surface area contributed by atoms with Gasteiger partial charge in [0.2, 0.25) is 5.91 Å². The van der Waals surface area contributed by atoms with Crippen LogP contribution in [0.15, 0.2) is 46.0 Å². The van der Waals surface area contributed by atoms with E-state index in [1.54, 1.807) is 10.6 Å². The van der Waals surface area contributed by atoms with Crippen LogP contribution < -0.4 is 16.6 Å². The molecule has 2 aromatic heterocycles. The number of hydrogen-bond donors (Lipinski definition) is 2. The Bertz CT molecular complexity index is 1180. The molecule has 0 aliphatic carbocycles. The van der Waals surface area contributed by atoms with Gasteiger partial charge < -0.3 is 10.3 Å². The monoisotopic (exact) mass is 409 g/mol. The number of allylic oxidation sites excluding steroid dienone is 2. The van der Waals surface area contributed by atoms with E-state index >= 15 is 0 Å². The van der Waals surface area contributed by atoms with Gasteiger partial charge in [-0.25, -0.2) is 9.78 Å². The first kappa shape index (κ1) is 21.3. The second kappa shape index (κ2) is 9.39. The zero-order valence-electron chi connectivity index (χ0n) is 17.6. The van der Waals surface area contributed by atoms with Crippen LogP contribution in [0.5, 0.6) is 0 Å². The molecule has 0 aliphatic heterocycles. The predicted octanol–water partition coefficient (Wildman–Crippen LogP) is 2.81. The highest BCUT2D eigenvalue weighted by molar-refractivity contribution is 5.88. The highest BCUT2D eigenvalue weighted by Crippen LogP contribution is 2.14. The van der Waals surface area contributed by atoms with Crippen molar-refractivity contribution >= 4 is 22.8 Å². The summed E-state index contributed by atoms with van der Waals surface area (Å²) in [6.07, 6.45) is 5.83. The van der Waals surface area contributed by atoms with Crippen molar-refractivity contribution in [3.8, 4) is 0 Å². The first-order valence-electron chi connectivity index (χ1n) is 10.1. The van der Waals surface area contributed by atoms with Crippen LogP contribution in [0.2, 0.25) is 0 Å². The van der Waals surface area contributed by atoms with Crippen LogP contribution in [0.1, 0.15) is 45.0 Å². The van der Waals surface area contributed by atoms with Gasteiger partial charge in [-0.05, 0) is 31.0 Å². The van der Waals surface area contributed by atoms with Crippen LogP contribution in [0.25, 0.3) is 11.2 Å². The zero-order chi connectivity index (χ0) is 21.7. The number of aromatic amines is 1. The molecule has 8 heteroatoms. The summed E-state index contributed by atoms with van der Waals surface area (Å²) >= 11 is 0. The Balaban J connectivity index is 2.01. The minimum atomic E-state index is -0.361. The van der Waals surface area contributed by atoms with E-state index in [0.717, 1.165) is 24.1 Å². The third-order valence-electron chi connectivity index (χ3n) is 4.82. The van der Waals surface area contributed by atoms with E-state index in [0.29, 0.717) is 30.0 Å². The number of rotatable bonds is 8. The molecule has 0 saturated heterocycles. The van der Waals surface area contributed by atoms with Gasteiger partial charge in [0.1, 0.15) is 11.3 Å². The maximum Gasteiger partial charge on any atom is 0.333 e. The van der Waals surface area contributed by atoms with Gasteiger partial charge in [0.15, 0.2) is 5.65 Å². The lowest BCUT2D eigenvalue weighted by atomic mass is 10.1. The van der Waals surface area contributed by atoms with Gasteiger partial charge in [0, 0.05) is 32.1 Å². The molecular formula is C22H27N5O3. The maximum absolute atomic E-state index is 12.9. The van der Waals surface area contributed by atoms with Gasteiger partial charge in [0.05, 0.1) is 0 Å². The molecule has 1 amide bonds. The molecule has 0 spiro atoms. The Morgan fingerprint density at radius 3 is 2.57 bits per heavy atom. The number of nitrogens with zero attached hydrogens (tertiary/aromatic N) is 3. The number of carbonyl (C=O) groups is 1. The van der Waals surface area contributed by atoms with Crippen molar-refractivity contribution in [2.24, 2.45) is 0 Å². The van der Waals surface area contributed by atoms with E-state index in [4.69, 9.17) is 0 Å². The SMILES string of the molecule is C/C=C/Cn1c(=O)c2[nH]c(Cc3ccc(NC(C)=O)cc3)nc2n(CCCC)c1=O. The second-order valence-corrected chi connectivity index (χ2v) is 7.21. The third kappa shape index (κ3) is 4.59. The molecule has 0 radical (unpaired) electrons. The number of hydrogen-bond acceptors (Lipinski definition) is 4. The average molecular weight is 409 g/mol. The van der Waals surface area contributed by atoms with Crippen LogP contribution in [0, 0.1) is 0 Å². The van der Waals surface area contributed by atoms with Gasteiger partial charge in [-0.15, -0.1) is 0 Å². The van der Waals surface area contributed by atoms with Crippen LogP contribution in [-0.2, 0) is 24.3 Å². The lowest BCUT2D eigenvalue weighted by Crippen LogP contribution is -2.40. The number of unbranched alkanes of at least 4 members (excludes halogenated alkanes) is 1. The van der Waals surface area contributed by atoms with Crippen LogP contribution in [0.3, 0.4) is 0 Å². The number of amides is 1. The summed E-state index contributed by atoms with van der Waals surface area (Å²) in [6, 6.07) is 7.43. The average Bonchev–Trinajstić information content (AvgIpc) is 3.13. The Hall–Kier alpha value is -3.42. The summed E-state index contributed by atoms with van der Waals surface area (Å²) in [7, 11) is 0. The molecule has 0 atom stereocenters. The Labute approximate surface area is 174 Å². The van der Waals surface area contributed by atoms with Crippen molar-refractivity contribution in [2.45, 2.75) is 53.1 Å². The summed E-state index contributed by atoms with van der Waals surface area (Å²) < 4.78 is 2.83. The Kier molecular flexibility index (Phi) is 6.66. The number of H-pyrrole nitrogens is 1. The van der Waals surface area contributed by atoms with Crippen molar-refractivity contribution in [1.82, 2.24) is 19.1 Å². The molecule has 3 rings (SSSR count). The largest absolute Gasteiger partial charge is 0.336 e. The number of benzene rings is 1. The molecule has 158 valence electrons. The van der Waals surface area contributed by atoms with Crippen molar-refractivity contribution < 1.29 is 4.79 Å². The standard InChI is InChI=1S/C22H27N5O3/c1-4-6-12-26-20-19(21(29)27(22(26)30)13-7-5-2)24-18(25-20)14-16-8-10-17(11-9-16)23-15(3)28/h5,7-11H,4,6,12-14H2,1-3H3,(H,23,28)(H,24,25)/b7-5+. The van der Waals surface area contributed by atoms with Crippen LogP contribution in [0.4, 0.5) is 5.69 Å². The second-order valence-electron chi connectivity index (χ2n) is 7.21. The van der Waals surface area contributed by atoms with E-state index in [1.165, 1.54) is 11.5 Å². The summed E-state index contributed by atoms with van der Waals surface area (Å²) in [5.41, 5.74) is 1.74. The van der Waals surface area contributed by atoms with E-state index in [-0.39, 0.29) is 23.7 Å². The molecule has 3 aromatic rings. The molecular weight excluding hydrogens is 382 g/mol. The van der Waals surface area contributed by atoms with E-state index in [2.05, 4.69) is 22.2 Å². The first-order valence-corrected chi connectivity index (χ1v) is 10.1. The minimum absolute atomic E-state index is 0.126. The van der Waals surface area contributed by atoms with Gasteiger partial charge in [-0.3, -0.25) is 18.7 Å². The summed E-state index contributed by atoms with van der Waals surface area (Å²) in [5, 5.41) is 2.73. The van der Waals surface area contributed by atoms with Gasteiger partial charge in [-0.1, -0.05) is 37.6 Å². The van der Waals surface area contributed by atoms with Crippen molar-refractivity contribution in [3.05, 3.63) is 68.6 Å². The molecule has 2 N–H and O–H groups in total. The van der Waals surface area contributed by atoms with Gasteiger partial charge in [-0.2, -0.15) is 0 Å². The normalized spacial score (nSPS) is 11.4. The number of anilines is 1. The fourth-order valence-corrected chi connectivity index (χ4v) is 3.29. The van der Waals surface area contributed by atoms with Crippen molar-refractivity contribution in [3.63, 3.8) is 0 Å². The highest BCUT2D eigenvalue weighted by atomic mass is 16.2. The molecule has 8 nitrogen and oxygen atoms in total. The Morgan fingerprint density at radius 2 is 1.93 bits per heavy atom. The topological polar surface area (TPSA) is 102 Å². The highest BCUT2D eigenvalue weighted by Gasteiger charge is 2.17. The molecule has 0 saturated carbocycles. The molecule has 2 heterocycles. The van der Waals surface area contributed by atoms with E-state index in [1.807, 2.05) is 37.3 Å². The summed E-state index contributed by atoms with van der Waals surface area (Å²) in [5.74, 6) is 0.488. The number of aromatic nitrogens is 4.